The van der Waals surface area contributed by atoms with Crippen LogP contribution in [0.4, 0.5) is 0 Å². The highest BCUT2D eigenvalue weighted by atomic mass is 16.5. The first-order chi connectivity index (χ1) is 12.2. The van der Waals surface area contributed by atoms with E-state index in [0.717, 1.165) is 43.0 Å². The maximum Gasteiger partial charge on any atom is 0.119 e. The number of methoxy groups -OCH3 is 1. The molecule has 130 valence electrons. The molecule has 1 fully saturated rings. The van der Waals surface area contributed by atoms with Gasteiger partial charge in [0.05, 0.1) is 37.2 Å². The molecule has 0 saturated carbocycles. The molecule has 0 bridgehead atoms. The molecule has 3 aromatic rings. The van der Waals surface area contributed by atoms with E-state index in [1.54, 1.807) is 7.11 Å². The SMILES string of the molecule is COc1cccc(CN2CCOC(c3ccc4ncn(C)c4c3)C2)c1. The monoisotopic (exact) mass is 337 g/mol. The number of rotatable bonds is 4. The summed E-state index contributed by atoms with van der Waals surface area (Å²) in [4.78, 5) is 6.83. The average Bonchev–Trinajstić information content (AvgIpc) is 3.02. The van der Waals surface area contributed by atoms with Crippen molar-refractivity contribution in [1.29, 1.82) is 0 Å². The summed E-state index contributed by atoms with van der Waals surface area (Å²) in [5, 5.41) is 0. The highest BCUT2D eigenvalue weighted by molar-refractivity contribution is 5.76. The zero-order valence-corrected chi connectivity index (χ0v) is 14.7. The van der Waals surface area contributed by atoms with Crippen molar-refractivity contribution in [2.75, 3.05) is 26.8 Å². The van der Waals surface area contributed by atoms with Gasteiger partial charge in [-0.1, -0.05) is 18.2 Å². The average molecular weight is 337 g/mol. The second kappa shape index (κ2) is 6.86. The molecule has 0 amide bonds. The van der Waals surface area contributed by atoms with E-state index in [4.69, 9.17) is 9.47 Å². The van der Waals surface area contributed by atoms with Crippen molar-refractivity contribution < 1.29 is 9.47 Å². The first-order valence-electron chi connectivity index (χ1n) is 8.61. The van der Waals surface area contributed by atoms with Crippen LogP contribution >= 0.6 is 0 Å². The number of fused-ring (bicyclic) bond motifs is 1. The third-order valence-electron chi connectivity index (χ3n) is 4.81. The molecule has 5 heteroatoms. The highest BCUT2D eigenvalue weighted by Crippen LogP contribution is 2.26. The van der Waals surface area contributed by atoms with Gasteiger partial charge < -0.3 is 14.0 Å². The molecule has 2 heterocycles. The van der Waals surface area contributed by atoms with Gasteiger partial charge in [-0.3, -0.25) is 4.90 Å². The Kier molecular flexibility index (Phi) is 4.42. The lowest BCUT2D eigenvalue weighted by Gasteiger charge is -2.33. The maximum atomic E-state index is 6.05. The Morgan fingerprint density at radius 2 is 2.16 bits per heavy atom. The summed E-state index contributed by atoms with van der Waals surface area (Å²) in [6.07, 6.45) is 1.95. The Morgan fingerprint density at radius 3 is 3.04 bits per heavy atom. The van der Waals surface area contributed by atoms with Crippen molar-refractivity contribution in [3.63, 3.8) is 0 Å². The largest absolute Gasteiger partial charge is 0.497 e. The summed E-state index contributed by atoms with van der Waals surface area (Å²) in [6.45, 7) is 3.49. The number of aryl methyl sites for hydroxylation is 1. The van der Waals surface area contributed by atoms with Crippen LogP contribution < -0.4 is 4.74 Å². The van der Waals surface area contributed by atoms with Gasteiger partial charge in [0, 0.05) is 26.7 Å². The van der Waals surface area contributed by atoms with Crippen molar-refractivity contribution in [2.24, 2.45) is 7.05 Å². The number of imidazole rings is 1. The molecule has 0 spiro atoms. The Morgan fingerprint density at radius 1 is 1.24 bits per heavy atom. The van der Waals surface area contributed by atoms with Crippen molar-refractivity contribution in [1.82, 2.24) is 14.5 Å². The van der Waals surface area contributed by atoms with E-state index in [-0.39, 0.29) is 6.10 Å². The molecule has 25 heavy (non-hydrogen) atoms. The summed E-state index contributed by atoms with van der Waals surface area (Å²) in [7, 11) is 3.73. The summed E-state index contributed by atoms with van der Waals surface area (Å²) < 4.78 is 13.4. The van der Waals surface area contributed by atoms with Crippen LogP contribution in [0.2, 0.25) is 0 Å². The van der Waals surface area contributed by atoms with E-state index in [0.29, 0.717) is 0 Å². The summed E-state index contributed by atoms with van der Waals surface area (Å²) in [5.41, 5.74) is 4.65. The number of benzene rings is 2. The molecule has 0 N–H and O–H groups in total. The fourth-order valence-electron chi connectivity index (χ4n) is 3.42. The van der Waals surface area contributed by atoms with Gasteiger partial charge in [-0.2, -0.15) is 0 Å². The number of nitrogens with zero attached hydrogens (tertiary/aromatic N) is 3. The van der Waals surface area contributed by atoms with E-state index in [2.05, 4.69) is 44.8 Å². The standard InChI is InChI=1S/C20H23N3O2/c1-22-14-21-18-7-6-16(11-19(18)22)20-13-23(8-9-25-20)12-15-4-3-5-17(10-15)24-2/h3-7,10-11,14,20H,8-9,12-13H2,1-2H3. The Balaban J connectivity index is 1.50. The number of hydrogen-bond donors (Lipinski definition) is 0. The van der Waals surface area contributed by atoms with Crippen LogP contribution in [0.25, 0.3) is 11.0 Å². The Labute approximate surface area is 147 Å². The number of hydrogen-bond acceptors (Lipinski definition) is 4. The topological polar surface area (TPSA) is 39.5 Å². The molecule has 1 aliphatic rings. The molecule has 0 aliphatic carbocycles. The van der Waals surface area contributed by atoms with Crippen LogP contribution in [0, 0.1) is 0 Å². The minimum Gasteiger partial charge on any atom is -0.497 e. The summed E-state index contributed by atoms with van der Waals surface area (Å²) in [5.74, 6) is 0.906. The zero-order chi connectivity index (χ0) is 17.2. The van der Waals surface area contributed by atoms with Gasteiger partial charge in [0.2, 0.25) is 0 Å². The molecule has 1 unspecified atom stereocenters. The Bertz CT molecular complexity index is 874. The fourth-order valence-corrected chi connectivity index (χ4v) is 3.42. The summed E-state index contributed by atoms with van der Waals surface area (Å²) in [6, 6.07) is 14.7. The third-order valence-corrected chi connectivity index (χ3v) is 4.81. The highest BCUT2D eigenvalue weighted by Gasteiger charge is 2.22. The van der Waals surface area contributed by atoms with E-state index in [1.807, 2.05) is 25.5 Å². The molecule has 1 aliphatic heterocycles. The second-order valence-corrected chi connectivity index (χ2v) is 6.55. The normalized spacial score (nSPS) is 18.6. The van der Waals surface area contributed by atoms with Crippen molar-refractivity contribution >= 4 is 11.0 Å². The molecule has 4 rings (SSSR count). The molecule has 1 aromatic heterocycles. The smallest absolute Gasteiger partial charge is 0.119 e. The molecule has 2 aromatic carbocycles. The van der Waals surface area contributed by atoms with Crippen LogP contribution in [-0.4, -0.2) is 41.3 Å². The van der Waals surface area contributed by atoms with Crippen molar-refractivity contribution in [3.05, 3.63) is 59.9 Å². The van der Waals surface area contributed by atoms with Crippen LogP contribution in [0.5, 0.6) is 5.75 Å². The molecule has 1 saturated heterocycles. The predicted molar refractivity (Wildman–Crippen MR) is 97.7 cm³/mol. The van der Waals surface area contributed by atoms with Crippen LogP contribution in [0.3, 0.4) is 0 Å². The van der Waals surface area contributed by atoms with Gasteiger partial charge in [0.25, 0.3) is 0 Å². The summed E-state index contributed by atoms with van der Waals surface area (Å²) >= 11 is 0. The lowest BCUT2D eigenvalue weighted by Crippen LogP contribution is -2.37. The van der Waals surface area contributed by atoms with E-state index in [9.17, 15) is 0 Å². The Hall–Kier alpha value is -2.37. The van der Waals surface area contributed by atoms with Gasteiger partial charge >= 0.3 is 0 Å². The zero-order valence-electron chi connectivity index (χ0n) is 14.7. The van der Waals surface area contributed by atoms with E-state index in [1.165, 1.54) is 11.1 Å². The number of morpholine rings is 1. The van der Waals surface area contributed by atoms with Gasteiger partial charge in [0.1, 0.15) is 5.75 Å². The molecule has 5 nitrogen and oxygen atoms in total. The van der Waals surface area contributed by atoms with Crippen LogP contribution in [0.1, 0.15) is 17.2 Å². The van der Waals surface area contributed by atoms with E-state index < -0.39 is 0 Å². The maximum absolute atomic E-state index is 6.05. The quantitative estimate of drug-likeness (QED) is 0.733. The lowest BCUT2D eigenvalue weighted by atomic mass is 10.1. The molecule has 0 radical (unpaired) electrons. The minimum absolute atomic E-state index is 0.0960. The van der Waals surface area contributed by atoms with Gasteiger partial charge in [-0.25, -0.2) is 4.98 Å². The van der Waals surface area contributed by atoms with E-state index >= 15 is 0 Å². The third kappa shape index (κ3) is 3.38. The van der Waals surface area contributed by atoms with Gasteiger partial charge in [-0.15, -0.1) is 0 Å². The van der Waals surface area contributed by atoms with Crippen LogP contribution in [0.15, 0.2) is 48.8 Å². The number of aromatic nitrogens is 2. The molecule has 1 atom stereocenters. The van der Waals surface area contributed by atoms with Crippen molar-refractivity contribution in [3.8, 4) is 5.75 Å². The van der Waals surface area contributed by atoms with Gasteiger partial charge in [0.15, 0.2) is 0 Å². The lowest BCUT2D eigenvalue weighted by molar-refractivity contribution is -0.0328. The molecular formula is C20H23N3O2. The number of ether oxygens (including phenoxy) is 2. The first-order valence-corrected chi connectivity index (χ1v) is 8.61. The second-order valence-electron chi connectivity index (χ2n) is 6.55. The van der Waals surface area contributed by atoms with Gasteiger partial charge in [-0.05, 0) is 35.4 Å². The molecular weight excluding hydrogens is 314 g/mol. The predicted octanol–water partition coefficient (Wildman–Crippen LogP) is 3.16. The minimum atomic E-state index is 0.0960. The van der Waals surface area contributed by atoms with Crippen LogP contribution in [-0.2, 0) is 18.3 Å². The fraction of sp³-hybridized carbons (Fsp3) is 0.350. The van der Waals surface area contributed by atoms with Crippen molar-refractivity contribution in [2.45, 2.75) is 12.6 Å². The first kappa shape index (κ1) is 16.1.